The molecule has 1 heterocycles. The van der Waals surface area contributed by atoms with Crippen molar-refractivity contribution < 1.29 is 9.90 Å². The topological polar surface area (TPSA) is 69.8 Å². The van der Waals surface area contributed by atoms with Gasteiger partial charge in [-0.1, -0.05) is 13.0 Å². The number of hydrogen-bond acceptors (Lipinski definition) is 4. The summed E-state index contributed by atoms with van der Waals surface area (Å²) < 4.78 is 0. The number of anilines is 2. The van der Waals surface area contributed by atoms with Crippen molar-refractivity contribution in [2.45, 2.75) is 25.8 Å². The van der Waals surface area contributed by atoms with Gasteiger partial charge in [0.05, 0.1) is 16.9 Å². The molecule has 0 atom stereocenters. The van der Waals surface area contributed by atoms with Crippen LogP contribution in [0.25, 0.3) is 0 Å². The summed E-state index contributed by atoms with van der Waals surface area (Å²) >= 11 is 0. The van der Waals surface area contributed by atoms with Gasteiger partial charge in [0.25, 0.3) is 0 Å². The van der Waals surface area contributed by atoms with Gasteiger partial charge in [0.2, 0.25) is 0 Å². The minimum Gasteiger partial charge on any atom is -0.478 e. The number of carboxylic acid groups (broad SMARTS) is 1. The molecule has 0 saturated carbocycles. The van der Waals surface area contributed by atoms with Gasteiger partial charge in [0.1, 0.15) is 0 Å². The Balaban J connectivity index is 2.21. The van der Waals surface area contributed by atoms with Gasteiger partial charge in [-0.2, -0.15) is 0 Å². The van der Waals surface area contributed by atoms with E-state index in [1.807, 2.05) is 11.9 Å². The van der Waals surface area contributed by atoms with Crippen molar-refractivity contribution in [1.29, 1.82) is 0 Å². The molecule has 5 heteroatoms. The zero-order valence-corrected chi connectivity index (χ0v) is 12.2. The standard InChI is InChI=1S/C15H23N3O2/c1-3-18-9-7-11(8-10-18)17(2)14-12(15(19)20)5-4-6-13(14)16/h4-6,11H,3,7-10,16H2,1-2H3,(H,19,20). The molecule has 0 radical (unpaired) electrons. The number of nitrogens with zero attached hydrogens (tertiary/aromatic N) is 2. The van der Waals surface area contributed by atoms with Crippen LogP contribution < -0.4 is 10.6 Å². The van der Waals surface area contributed by atoms with E-state index in [0.717, 1.165) is 32.5 Å². The second-order valence-corrected chi connectivity index (χ2v) is 5.32. The minimum absolute atomic E-state index is 0.283. The molecule has 0 amide bonds. The van der Waals surface area contributed by atoms with E-state index in [9.17, 15) is 9.90 Å². The highest BCUT2D eigenvalue weighted by Crippen LogP contribution is 2.31. The number of nitrogen functional groups attached to an aromatic ring is 1. The van der Waals surface area contributed by atoms with Crippen LogP contribution in [0.15, 0.2) is 18.2 Å². The van der Waals surface area contributed by atoms with E-state index in [2.05, 4.69) is 11.8 Å². The molecule has 110 valence electrons. The van der Waals surface area contributed by atoms with Crippen LogP contribution in [0.1, 0.15) is 30.1 Å². The Morgan fingerprint density at radius 3 is 2.65 bits per heavy atom. The van der Waals surface area contributed by atoms with E-state index in [1.165, 1.54) is 0 Å². The molecule has 0 aromatic heterocycles. The molecular formula is C15H23N3O2. The molecule has 1 aliphatic heterocycles. The zero-order chi connectivity index (χ0) is 14.7. The Morgan fingerprint density at radius 2 is 2.10 bits per heavy atom. The predicted molar refractivity (Wildman–Crippen MR) is 81.4 cm³/mol. The van der Waals surface area contributed by atoms with E-state index in [-0.39, 0.29) is 5.56 Å². The molecule has 3 N–H and O–H groups in total. The van der Waals surface area contributed by atoms with Crippen molar-refractivity contribution in [2.75, 3.05) is 37.3 Å². The molecule has 1 aromatic rings. The molecule has 0 unspecified atom stereocenters. The van der Waals surface area contributed by atoms with E-state index in [0.29, 0.717) is 17.4 Å². The number of benzene rings is 1. The van der Waals surface area contributed by atoms with Crippen LogP contribution in [0, 0.1) is 0 Å². The number of likely N-dealkylation sites (tertiary alicyclic amines) is 1. The Kier molecular flexibility index (Phi) is 4.49. The molecule has 1 saturated heterocycles. The van der Waals surface area contributed by atoms with Gasteiger partial charge in [0, 0.05) is 26.2 Å². The molecule has 0 aliphatic carbocycles. The number of hydrogen-bond donors (Lipinski definition) is 2. The molecule has 20 heavy (non-hydrogen) atoms. The van der Waals surface area contributed by atoms with Crippen LogP contribution in [0.4, 0.5) is 11.4 Å². The SMILES string of the molecule is CCN1CCC(N(C)c2c(N)cccc2C(=O)O)CC1. The normalized spacial score (nSPS) is 17.1. The van der Waals surface area contributed by atoms with E-state index in [1.54, 1.807) is 18.2 Å². The summed E-state index contributed by atoms with van der Waals surface area (Å²) in [5, 5.41) is 9.33. The summed E-state index contributed by atoms with van der Waals surface area (Å²) in [7, 11) is 1.95. The number of aromatic carboxylic acids is 1. The smallest absolute Gasteiger partial charge is 0.337 e. The predicted octanol–water partition coefficient (Wildman–Crippen LogP) is 1.89. The summed E-state index contributed by atoms with van der Waals surface area (Å²) in [6.07, 6.45) is 2.08. The molecular weight excluding hydrogens is 254 g/mol. The molecule has 1 fully saturated rings. The lowest BCUT2D eigenvalue weighted by molar-refractivity contribution is 0.0697. The van der Waals surface area contributed by atoms with Gasteiger partial charge in [-0.05, 0) is 31.5 Å². The maximum Gasteiger partial charge on any atom is 0.337 e. The van der Waals surface area contributed by atoms with Crippen LogP contribution in [0.3, 0.4) is 0 Å². The van der Waals surface area contributed by atoms with E-state index in [4.69, 9.17) is 5.73 Å². The average molecular weight is 277 g/mol. The molecule has 0 bridgehead atoms. The van der Waals surface area contributed by atoms with Crippen molar-refractivity contribution in [3.8, 4) is 0 Å². The van der Waals surface area contributed by atoms with Crippen molar-refractivity contribution in [1.82, 2.24) is 4.90 Å². The first-order chi connectivity index (χ1) is 9.54. The Hall–Kier alpha value is -1.75. The van der Waals surface area contributed by atoms with Crippen molar-refractivity contribution >= 4 is 17.3 Å². The molecule has 1 aliphatic rings. The Bertz CT molecular complexity index is 482. The quantitative estimate of drug-likeness (QED) is 0.822. The highest BCUT2D eigenvalue weighted by molar-refractivity contribution is 5.98. The first-order valence-corrected chi connectivity index (χ1v) is 7.11. The number of piperidine rings is 1. The first kappa shape index (κ1) is 14.7. The van der Waals surface area contributed by atoms with E-state index >= 15 is 0 Å². The van der Waals surface area contributed by atoms with Gasteiger partial charge in [-0.15, -0.1) is 0 Å². The zero-order valence-electron chi connectivity index (χ0n) is 12.2. The summed E-state index contributed by atoms with van der Waals surface area (Å²) in [6, 6.07) is 5.42. The molecule has 2 rings (SSSR count). The largest absolute Gasteiger partial charge is 0.478 e. The molecule has 1 aromatic carbocycles. The molecule has 0 spiro atoms. The lowest BCUT2D eigenvalue weighted by atomic mass is 10.0. The first-order valence-electron chi connectivity index (χ1n) is 7.11. The van der Waals surface area contributed by atoms with Crippen LogP contribution in [0.2, 0.25) is 0 Å². The number of nitrogens with two attached hydrogens (primary N) is 1. The third-order valence-electron chi connectivity index (χ3n) is 4.20. The molecule has 5 nitrogen and oxygen atoms in total. The van der Waals surface area contributed by atoms with Crippen LogP contribution in [0.5, 0.6) is 0 Å². The van der Waals surface area contributed by atoms with Crippen molar-refractivity contribution in [2.24, 2.45) is 0 Å². The van der Waals surface area contributed by atoms with Crippen molar-refractivity contribution in [3.05, 3.63) is 23.8 Å². The number of rotatable bonds is 4. The number of para-hydroxylation sites is 1. The highest BCUT2D eigenvalue weighted by atomic mass is 16.4. The highest BCUT2D eigenvalue weighted by Gasteiger charge is 2.25. The van der Waals surface area contributed by atoms with Gasteiger partial charge >= 0.3 is 5.97 Å². The number of carboxylic acids is 1. The second kappa shape index (κ2) is 6.13. The monoisotopic (exact) mass is 277 g/mol. The van der Waals surface area contributed by atoms with Crippen molar-refractivity contribution in [3.63, 3.8) is 0 Å². The third kappa shape index (κ3) is 2.88. The summed E-state index contributed by atoms with van der Waals surface area (Å²) in [6.45, 7) is 5.35. The van der Waals surface area contributed by atoms with Crippen LogP contribution in [-0.2, 0) is 0 Å². The summed E-state index contributed by atoms with van der Waals surface area (Å²) in [4.78, 5) is 15.8. The lowest BCUT2D eigenvalue weighted by Gasteiger charge is -2.38. The van der Waals surface area contributed by atoms with Crippen LogP contribution >= 0.6 is 0 Å². The second-order valence-electron chi connectivity index (χ2n) is 5.32. The van der Waals surface area contributed by atoms with Gasteiger partial charge in [-0.25, -0.2) is 4.79 Å². The lowest BCUT2D eigenvalue weighted by Crippen LogP contribution is -2.43. The third-order valence-corrected chi connectivity index (χ3v) is 4.20. The fourth-order valence-electron chi connectivity index (χ4n) is 2.93. The van der Waals surface area contributed by atoms with Crippen LogP contribution in [-0.4, -0.2) is 48.7 Å². The Morgan fingerprint density at radius 1 is 1.45 bits per heavy atom. The minimum atomic E-state index is -0.926. The van der Waals surface area contributed by atoms with Gasteiger partial charge < -0.3 is 20.6 Å². The van der Waals surface area contributed by atoms with E-state index < -0.39 is 5.97 Å². The fourth-order valence-corrected chi connectivity index (χ4v) is 2.93. The summed E-state index contributed by atoms with van der Waals surface area (Å²) in [5.74, 6) is -0.926. The van der Waals surface area contributed by atoms with Gasteiger partial charge in [0.15, 0.2) is 0 Å². The maximum absolute atomic E-state index is 11.4. The fraction of sp³-hybridized carbons (Fsp3) is 0.533. The number of carbonyl (C=O) groups is 1. The average Bonchev–Trinajstić information content (AvgIpc) is 2.46. The Labute approximate surface area is 120 Å². The van der Waals surface area contributed by atoms with Gasteiger partial charge in [-0.3, -0.25) is 0 Å². The maximum atomic E-state index is 11.4. The summed E-state index contributed by atoms with van der Waals surface area (Å²) in [5.41, 5.74) is 7.47.